The lowest BCUT2D eigenvalue weighted by molar-refractivity contribution is -0.137. The Balaban J connectivity index is 2.24. The standard InChI is InChI=1S/C17H21N3O3/c1-12(2)19(10-7-16(21)22)17(23)14-5-6-15(13(3)11-14)20-9-4-8-18-20/h4-6,8-9,11-12H,7,10H2,1-3H3,(H,21,22). The molecular weight excluding hydrogens is 294 g/mol. The van der Waals surface area contributed by atoms with Gasteiger partial charge in [0.05, 0.1) is 12.1 Å². The molecule has 0 radical (unpaired) electrons. The van der Waals surface area contributed by atoms with Gasteiger partial charge in [-0.3, -0.25) is 9.59 Å². The highest BCUT2D eigenvalue weighted by Gasteiger charge is 2.20. The maximum atomic E-state index is 12.7. The molecule has 1 N–H and O–H groups in total. The predicted molar refractivity (Wildman–Crippen MR) is 86.7 cm³/mol. The zero-order valence-electron chi connectivity index (χ0n) is 13.6. The number of hydrogen-bond acceptors (Lipinski definition) is 3. The summed E-state index contributed by atoms with van der Waals surface area (Å²) in [6, 6.07) is 7.20. The third-order valence-corrected chi connectivity index (χ3v) is 3.65. The van der Waals surface area contributed by atoms with E-state index in [0.717, 1.165) is 11.3 Å². The molecule has 0 spiro atoms. The van der Waals surface area contributed by atoms with Crippen molar-refractivity contribution < 1.29 is 14.7 Å². The zero-order valence-corrected chi connectivity index (χ0v) is 13.6. The normalized spacial score (nSPS) is 10.8. The Hall–Kier alpha value is -2.63. The summed E-state index contributed by atoms with van der Waals surface area (Å²) in [6.45, 7) is 5.88. The van der Waals surface area contributed by atoms with Crippen molar-refractivity contribution in [3.63, 3.8) is 0 Å². The second-order valence-electron chi connectivity index (χ2n) is 5.69. The van der Waals surface area contributed by atoms with Crippen LogP contribution in [0.15, 0.2) is 36.7 Å². The highest BCUT2D eigenvalue weighted by molar-refractivity contribution is 5.95. The Bertz CT molecular complexity index is 693. The van der Waals surface area contributed by atoms with E-state index in [1.54, 1.807) is 21.8 Å². The molecule has 1 aromatic carbocycles. The van der Waals surface area contributed by atoms with Gasteiger partial charge in [-0.1, -0.05) is 0 Å². The van der Waals surface area contributed by atoms with Crippen LogP contribution in [0, 0.1) is 6.92 Å². The molecule has 0 aliphatic carbocycles. The van der Waals surface area contributed by atoms with E-state index < -0.39 is 5.97 Å². The van der Waals surface area contributed by atoms with Crippen molar-refractivity contribution in [3.8, 4) is 5.69 Å². The van der Waals surface area contributed by atoms with Crippen LogP contribution >= 0.6 is 0 Å². The molecule has 23 heavy (non-hydrogen) atoms. The highest BCUT2D eigenvalue weighted by atomic mass is 16.4. The fourth-order valence-corrected chi connectivity index (χ4v) is 2.43. The fraction of sp³-hybridized carbons (Fsp3) is 0.353. The molecule has 0 aliphatic heterocycles. The molecule has 122 valence electrons. The summed E-state index contributed by atoms with van der Waals surface area (Å²) in [7, 11) is 0. The lowest BCUT2D eigenvalue weighted by Gasteiger charge is -2.26. The summed E-state index contributed by atoms with van der Waals surface area (Å²) in [4.78, 5) is 25.0. The first kappa shape index (κ1) is 16.7. The minimum atomic E-state index is -0.909. The molecule has 0 bridgehead atoms. The van der Waals surface area contributed by atoms with E-state index in [9.17, 15) is 9.59 Å². The minimum Gasteiger partial charge on any atom is -0.481 e. The molecule has 1 amide bonds. The largest absolute Gasteiger partial charge is 0.481 e. The smallest absolute Gasteiger partial charge is 0.305 e. The van der Waals surface area contributed by atoms with Crippen LogP contribution in [-0.4, -0.2) is 44.3 Å². The summed E-state index contributed by atoms with van der Waals surface area (Å²) in [6.07, 6.45) is 3.48. The van der Waals surface area contributed by atoms with Gasteiger partial charge in [0, 0.05) is 30.5 Å². The van der Waals surface area contributed by atoms with Crippen molar-refractivity contribution in [2.24, 2.45) is 0 Å². The minimum absolute atomic E-state index is 0.0612. The fourth-order valence-electron chi connectivity index (χ4n) is 2.43. The second kappa shape index (κ2) is 7.09. The van der Waals surface area contributed by atoms with Gasteiger partial charge in [-0.15, -0.1) is 0 Å². The van der Waals surface area contributed by atoms with Crippen molar-refractivity contribution >= 4 is 11.9 Å². The zero-order chi connectivity index (χ0) is 17.0. The quantitative estimate of drug-likeness (QED) is 0.888. The first-order chi connectivity index (χ1) is 10.9. The lowest BCUT2D eigenvalue weighted by atomic mass is 10.1. The van der Waals surface area contributed by atoms with Crippen LogP contribution in [0.1, 0.15) is 36.2 Å². The van der Waals surface area contributed by atoms with Gasteiger partial charge in [-0.2, -0.15) is 5.10 Å². The molecule has 0 aliphatic rings. The third kappa shape index (κ3) is 3.97. The number of aromatic nitrogens is 2. The number of amides is 1. The Kier molecular flexibility index (Phi) is 5.16. The number of aliphatic carboxylic acids is 1. The number of carbonyl (C=O) groups excluding carboxylic acids is 1. The SMILES string of the molecule is Cc1cc(C(=O)N(CCC(=O)O)C(C)C)ccc1-n1cccn1. The predicted octanol–water partition coefficient (Wildman–Crippen LogP) is 2.51. The van der Waals surface area contributed by atoms with E-state index in [1.807, 2.05) is 45.2 Å². The first-order valence-corrected chi connectivity index (χ1v) is 7.53. The van der Waals surface area contributed by atoms with Crippen molar-refractivity contribution in [1.82, 2.24) is 14.7 Å². The average Bonchev–Trinajstić information content (AvgIpc) is 3.00. The number of carboxylic acid groups (broad SMARTS) is 1. The van der Waals surface area contributed by atoms with Crippen LogP contribution in [0.25, 0.3) is 5.69 Å². The van der Waals surface area contributed by atoms with Gasteiger partial charge < -0.3 is 10.0 Å². The molecular formula is C17H21N3O3. The Morgan fingerprint density at radius 2 is 2.09 bits per heavy atom. The molecule has 1 aromatic heterocycles. The molecule has 0 saturated heterocycles. The Morgan fingerprint density at radius 3 is 2.61 bits per heavy atom. The molecule has 2 rings (SSSR count). The number of rotatable bonds is 6. The maximum Gasteiger partial charge on any atom is 0.305 e. The molecule has 6 heteroatoms. The molecule has 1 heterocycles. The van der Waals surface area contributed by atoms with Gasteiger partial charge in [-0.25, -0.2) is 4.68 Å². The highest BCUT2D eigenvalue weighted by Crippen LogP contribution is 2.17. The van der Waals surface area contributed by atoms with E-state index in [-0.39, 0.29) is 24.9 Å². The lowest BCUT2D eigenvalue weighted by Crippen LogP contribution is -2.38. The van der Waals surface area contributed by atoms with Crippen molar-refractivity contribution in [2.75, 3.05) is 6.54 Å². The number of carboxylic acids is 1. The van der Waals surface area contributed by atoms with Crippen LogP contribution < -0.4 is 0 Å². The summed E-state index contributed by atoms with van der Waals surface area (Å²) < 4.78 is 1.74. The number of benzene rings is 1. The number of hydrogen-bond donors (Lipinski definition) is 1. The van der Waals surface area contributed by atoms with Crippen LogP contribution in [-0.2, 0) is 4.79 Å². The van der Waals surface area contributed by atoms with Crippen LogP contribution in [0.2, 0.25) is 0 Å². The van der Waals surface area contributed by atoms with Gasteiger partial charge in [0.1, 0.15) is 0 Å². The summed E-state index contributed by atoms with van der Waals surface area (Å²) in [5.74, 6) is -1.06. The average molecular weight is 315 g/mol. The van der Waals surface area contributed by atoms with Crippen molar-refractivity contribution in [1.29, 1.82) is 0 Å². The van der Waals surface area contributed by atoms with E-state index in [2.05, 4.69) is 5.10 Å². The molecule has 2 aromatic rings. The summed E-state index contributed by atoms with van der Waals surface area (Å²) in [5.41, 5.74) is 2.40. The van der Waals surface area contributed by atoms with E-state index >= 15 is 0 Å². The Labute approximate surface area is 135 Å². The van der Waals surface area contributed by atoms with E-state index in [1.165, 1.54) is 0 Å². The topological polar surface area (TPSA) is 75.4 Å². The van der Waals surface area contributed by atoms with Gasteiger partial charge >= 0.3 is 5.97 Å². The molecule has 0 fully saturated rings. The van der Waals surface area contributed by atoms with Crippen molar-refractivity contribution in [3.05, 3.63) is 47.8 Å². The van der Waals surface area contributed by atoms with Crippen molar-refractivity contribution in [2.45, 2.75) is 33.2 Å². The third-order valence-electron chi connectivity index (χ3n) is 3.65. The number of aryl methyl sites for hydroxylation is 1. The van der Waals surface area contributed by atoms with Crippen LogP contribution in [0.3, 0.4) is 0 Å². The van der Waals surface area contributed by atoms with Gasteiger partial charge in [0.2, 0.25) is 0 Å². The van der Waals surface area contributed by atoms with Gasteiger partial charge in [-0.05, 0) is 50.6 Å². The molecule has 6 nitrogen and oxygen atoms in total. The van der Waals surface area contributed by atoms with Crippen LogP contribution in [0.5, 0.6) is 0 Å². The van der Waals surface area contributed by atoms with Gasteiger partial charge in [0.15, 0.2) is 0 Å². The second-order valence-corrected chi connectivity index (χ2v) is 5.69. The molecule has 0 saturated carbocycles. The van der Waals surface area contributed by atoms with E-state index in [0.29, 0.717) is 5.56 Å². The first-order valence-electron chi connectivity index (χ1n) is 7.53. The number of carbonyl (C=O) groups is 2. The molecule has 0 atom stereocenters. The monoisotopic (exact) mass is 315 g/mol. The maximum absolute atomic E-state index is 12.7. The number of nitrogens with zero attached hydrogens (tertiary/aromatic N) is 3. The summed E-state index contributed by atoms with van der Waals surface area (Å²) in [5, 5.41) is 13.0. The van der Waals surface area contributed by atoms with Crippen LogP contribution in [0.4, 0.5) is 0 Å². The molecule has 0 unspecified atom stereocenters. The van der Waals surface area contributed by atoms with Gasteiger partial charge in [0.25, 0.3) is 5.91 Å². The van der Waals surface area contributed by atoms with E-state index in [4.69, 9.17) is 5.11 Å². The summed E-state index contributed by atoms with van der Waals surface area (Å²) >= 11 is 0. The Morgan fingerprint density at radius 1 is 1.35 bits per heavy atom.